The van der Waals surface area contributed by atoms with Gasteiger partial charge in [0.15, 0.2) is 0 Å². The van der Waals surface area contributed by atoms with Crippen molar-refractivity contribution in [3.63, 3.8) is 0 Å². The lowest BCUT2D eigenvalue weighted by molar-refractivity contribution is 0.459. The van der Waals surface area contributed by atoms with Crippen LogP contribution in [0.3, 0.4) is 0 Å². The van der Waals surface area contributed by atoms with Gasteiger partial charge in [0.05, 0.1) is 6.67 Å². The van der Waals surface area contributed by atoms with E-state index in [-0.39, 0.29) is 12.5 Å². The molecule has 0 unspecified atom stereocenters. The normalized spacial score (nSPS) is 10.5. The number of hydrogen-bond acceptors (Lipinski definition) is 1. The molecule has 0 radical (unpaired) electrons. The maximum Gasteiger partial charge on any atom is 0.123 e. The molecule has 0 aliphatic rings. The smallest absolute Gasteiger partial charge is 0.123 e. The molecule has 0 fully saturated rings. The number of rotatable bonds is 5. The molecule has 0 bridgehead atoms. The van der Waals surface area contributed by atoms with Gasteiger partial charge in [-0.1, -0.05) is 6.07 Å². The summed E-state index contributed by atoms with van der Waals surface area (Å²) in [4.78, 5) is 0. The highest BCUT2D eigenvalue weighted by Crippen LogP contribution is 2.09. The van der Waals surface area contributed by atoms with E-state index in [1.54, 1.807) is 6.07 Å². The van der Waals surface area contributed by atoms with Gasteiger partial charge in [0, 0.05) is 6.54 Å². The summed E-state index contributed by atoms with van der Waals surface area (Å²) in [5, 5.41) is 3.10. The molecule has 1 aromatic rings. The molecule has 14 heavy (non-hydrogen) atoms. The zero-order chi connectivity index (χ0) is 10.4. The van der Waals surface area contributed by atoms with Gasteiger partial charge in [-0.15, -0.1) is 0 Å². The molecule has 3 heteroatoms. The first-order valence-electron chi connectivity index (χ1n) is 4.75. The van der Waals surface area contributed by atoms with Gasteiger partial charge < -0.3 is 5.32 Å². The van der Waals surface area contributed by atoms with Gasteiger partial charge in [-0.3, -0.25) is 4.39 Å². The molecule has 0 aliphatic heterocycles. The largest absolute Gasteiger partial charge is 0.313 e. The molecule has 0 amide bonds. The summed E-state index contributed by atoms with van der Waals surface area (Å²) >= 11 is 0. The second kappa shape index (κ2) is 5.70. The van der Waals surface area contributed by atoms with E-state index in [2.05, 4.69) is 5.32 Å². The fraction of sp³-hybridized carbons (Fsp3) is 0.455. The Morgan fingerprint density at radius 2 is 2.14 bits per heavy atom. The van der Waals surface area contributed by atoms with Crippen molar-refractivity contribution in [2.75, 3.05) is 13.2 Å². The van der Waals surface area contributed by atoms with Crippen molar-refractivity contribution >= 4 is 0 Å². The van der Waals surface area contributed by atoms with Crippen LogP contribution < -0.4 is 5.32 Å². The minimum atomic E-state index is -0.296. The Hall–Kier alpha value is -0.960. The number of halogens is 2. The molecule has 1 aromatic carbocycles. The van der Waals surface area contributed by atoms with Crippen LogP contribution in [-0.2, 0) is 6.54 Å². The van der Waals surface area contributed by atoms with Gasteiger partial charge in [-0.25, -0.2) is 4.39 Å². The van der Waals surface area contributed by atoms with E-state index in [4.69, 9.17) is 0 Å². The minimum Gasteiger partial charge on any atom is -0.313 e. The lowest BCUT2D eigenvalue weighted by Gasteiger charge is -2.06. The third-order valence-corrected chi connectivity index (χ3v) is 2.11. The number of hydrogen-bond donors (Lipinski definition) is 1. The number of aryl methyl sites for hydroxylation is 1. The van der Waals surface area contributed by atoms with Crippen molar-refractivity contribution in [3.05, 3.63) is 35.1 Å². The lowest BCUT2D eigenvalue weighted by Crippen LogP contribution is -2.15. The number of alkyl halides is 1. The average Bonchev–Trinajstić information content (AvgIpc) is 2.15. The van der Waals surface area contributed by atoms with E-state index in [0.29, 0.717) is 19.5 Å². The van der Waals surface area contributed by atoms with Crippen molar-refractivity contribution in [2.24, 2.45) is 0 Å². The molecule has 1 N–H and O–H groups in total. The Bertz CT molecular complexity index is 287. The van der Waals surface area contributed by atoms with Crippen molar-refractivity contribution < 1.29 is 8.78 Å². The van der Waals surface area contributed by atoms with Crippen LogP contribution in [0.15, 0.2) is 18.2 Å². The highest BCUT2D eigenvalue weighted by molar-refractivity contribution is 5.26. The molecular weight excluding hydrogens is 184 g/mol. The zero-order valence-corrected chi connectivity index (χ0v) is 8.32. The summed E-state index contributed by atoms with van der Waals surface area (Å²) in [6.45, 7) is 2.91. The fourth-order valence-electron chi connectivity index (χ4n) is 1.27. The molecule has 0 spiro atoms. The van der Waals surface area contributed by atoms with Crippen molar-refractivity contribution in [2.45, 2.75) is 19.9 Å². The fourth-order valence-corrected chi connectivity index (χ4v) is 1.27. The summed E-state index contributed by atoms with van der Waals surface area (Å²) < 4.78 is 24.5. The van der Waals surface area contributed by atoms with Crippen LogP contribution in [0.5, 0.6) is 0 Å². The number of nitrogens with one attached hydrogen (secondary N) is 1. The van der Waals surface area contributed by atoms with Gasteiger partial charge in [-0.05, 0) is 43.1 Å². The van der Waals surface area contributed by atoms with Crippen molar-refractivity contribution in [1.29, 1.82) is 0 Å². The maximum atomic E-state index is 12.7. The molecule has 0 aliphatic carbocycles. The summed E-state index contributed by atoms with van der Waals surface area (Å²) in [5.41, 5.74) is 1.99. The first-order valence-corrected chi connectivity index (χ1v) is 4.75. The maximum absolute atomic E-state index is 12.7. The monoisotopic (exact) mass is 199 g/mol. The highest BCUT2D eigenvalue weighted by Gasteiger charge is 1.98. The average molecular weight is 199 g/mol. The van der Waals surface area contributed by atoms with E-state index in [1.165, 1.54) is 12.1 Å². The Labute approximate surface area is 83.1 Å². The molecule has 0 aromatic heterocycles. The lowest BCUT2D eigenvalue weighted by atomic mass is 10.1. The topological polar surface area (TPSA) is 12.0 Å². The van der Waals surface area contributed by atoms with E-state index < -0.39 is 0 Å². The van der Waals surface area contributed by atoms with Crippen LogP contribution in [0, 0.1) is 12.7 Å². The second-order valence-electron chi connectivity index (χ2n) is 3.29. The predicted molar refractivity (Wildman–Crippen MR) is 53.4 cm³/mol. The van der Waals surface area contributed by atoms with Crippen LogP contribution in [0.25, 0.3) is 0 Å². The SMILES string of the molecule is Cc1cc(F)ccc1CNCCCF. The molecule has 1 nitrogen and oxygen atoms in total. The highest BCUT2D eigenvalue weighted by atomic mass is 19.1. The first kappa shape index (κ1) is 11.1. The quantitative estimate of drug-likeness (QED) is 0.719. The molecule has 1 rings (SSSR count). The van der Waals surface area contributed by atoms with Crippen LogP contribution in [-0.4, -0.2) is 13.2 Å². The van der Waals surface area contributed by atoms with Gasteiger partial charge >= 0.3 is 0 Å². The zero-order valence-electron chi connectivity index (χ0n) is 8.32. The van der Waals surface area contributed by atoms with Crippen LogP contribution in [0.2, 0.25) is 0 Å². The Morgan fingerprint density at radius 1 is 1.36 bits per heavy atom. The van der Waals surface area contributed by atoms with Crippen LogP contribution in [0.4, 0.5) is 8.78 Å². The predicted octanol–water partition coefficient (Wildman–Crippen LogP) is 2.58. The van der Waals surface area contributed by atoms with Crippen molar-refractivity contribution in [1.82, 2.24) is 5.32 Å². The van der Waals surface area contributed by atoms with Gasteiger partial charge in [-0.2, -0.15) is 0 Å². The molecule has 0 atom stereocenters. The Balaban J connectivity index is 2.42. The summed E-state index contributed by atoms with van der Waals surface area (Å²) in [6.07, 6.45) is 0.528. The van der Waals surface area contributed by atoms with E-state index in [0.717, 1.165) is 11.1 Å². The number of benzene rings is 1. The van der Waals surface area contributed by atoms with E-state index in [9.17, 15) is 8.78 Å². The molecular formula is C11H15F2N. The van der Waals surface area contributed by atoms with Crippen LogP contribution >= 0.6 is 0 Å². The third-order valence-electron chi connectivity index (χ3n) is 2.11. The summed E-state index contributed by atoms with van der Waals surface area (Å²) in [6, 6.07) is 4.71. The summed E-state index contributed by atoms with van der Waals surface area (Å²) in [5.74, 6) is -0.213. The Morgan fingerprint density at radius 3 is 2.79 bits per heavy atom. The molecule has 78 valence electrons. The Kier molecular flexibility index (Phi) is 4.53. The summed E-state index contributed by atoms with van der Waals surface area (Å²) in [7, 11) is 0. The molecule has 0 heterocycles. The van der Waals surface area contributed by atoms with Gasteiger partial charge in [0.25, 0.3) is 0 Å². The van der Waals surface area contributed by atoms with Gasteiger partial charge in [0.1, 0.15) is 5.82 Å². The second-order valence-corrected chi connectivity index (χ2v) is 3.29. The van der Waals surface area contributed by atoms with Gasteiger partial charge in [0.2, 0.25) is 0 Å². The third kappa shape index (κ3) is 3.42. The van der Waals surface area contributed by atoms with Crippen LogP contribution in [0.1, 0.15) is 17.5 Å². The van der Waals surface area contributed by atoms with E-state index >= 15 is 0 Å². The van der Waals surface area contributed by atoms with E-state index in [1.807, 2.05) is 6.92 Å². The standard InChI is InChI=1S/C11H15F2N/c1-9-7-11(13)4-3-10(9)8-14-6-2-5-12/h3-4,7,14H,2,5-6,8H2,1H3. The van der Waals surface area contributed by atoms with Crippen molar-refractivity contribution in [3.8, 4) is 0 Å². The first-order chi connectivity index (χ1) is 6.74. The minimum absolute atomic E-state index is 0.213. The molecule has 0 saturated heterocycles. The molecule has 0 saturated carbocycles.